The van der Waals surface area contributed by atoms with Gasteiger partial charge in [-0.05, 0) is 31.2 Å². The van der Waals surface area contributed by atoms with E-state index in [4.69, 9.17) is 0 Å². The summed E-state index contributed by atoms with van der Waals surface area (Å²) < 4.78 is 0. The zero-order chi connectivity index (χ0) is 16.0. The molecule has 4 heteroatoms. The van der Waals surface area contributed by atoms with Crippen LogP contribution in [0.1, 0.15) is 50.5 Å². The Morgan fingerprint density at radius 3 is 2.36 bits per heavy atom. The number of carboxylic acids is 1. The van der Waals surface area contributed by atoms with Crippen LogP contribution < -0.4 is 0 Å². The number of amides is 1. The van der Waals surface area contributed by atoms with Crippen molar-refractivity contribution >= 4 is 11.9 Å². The monoisotopic (exact) mass is 303 g/mol. The maximum absolute atomic E-state index is 12.4. The van der Waals surface area contributed by atoms with E-state index in [1.807, 2.05) is 30.3 Å². The number of nitrogens with zero attached hydrogens (tertiary/aromatic N) is 1. The summed E-state index contributed by atoms with van der Waals surface area (Å²) in [5, 5.41) is 9.62. The van der Waals surface area contributed by atoms with Crippen LogP contribution in [0, 0.1) is 0 Å². The van der Waals surface area contributed by atoms with Gasteiger partial charge in [0.15, 0.2) is 0 Å². The Kier molecular flexibility index (Phi) is 5.58. The summed E-state index contributed by atoms with van der Waals surface area (Å²) in [7, 11) is 1.66. The highest BCUT2D eigenvalue weighted by molar-refractivity contribution is 5.87. The predicted molar refractivity (Wildman–Crippen MR) is 85.6 cm³/mol. The van der Waals surface area contributed by atoms with Gasteiger partial charge in [-0.2, -0.15) is 0 Å². The van der Waals surface area contributed by atoms with E-state index in [0.29, 0.717) is 19.3 Å². The van der Waals surface area contributed by atoms with Crippen molar-refractivity contribution in [2.75, 3.05) is 7.05 Å². The van der Waals surface area contributed by atoms with E-state index in [1.54, 1.807) is 7.05 Å². The molecule has 0 unspecified atom stereocenters. The zero-order valence-corrected chi connectivity index (χ0v) is 13.3. The van der Waals surface area contributed by atoms with Crippen LogP contribution in [0.25, 0.3) is 0 Å². The van der Waals surface area contributed by atoms with Gasteiger partial charge in [-0.15, -0.1) is 0 Å². The van der Waals surface area contributed by atoms with Gasteiger partial charge in [0.2, 0.25) is 5.91 Å². The quantitative estimate of drug-likeness (QED) is 0.877. The first kappa shape index (κ1) is 16.5. The summed E-state index contributed by atoms with van der Waals surface area (Å²) in [4.78, 5) is 25.6. The van der Waals surface area contributed by atoms with Crippen molar-refractivity contribution in [1.29, 1.82) is 0 Å². The lowest BCUT2D eigenvalue weighted by molar-refractivity contribution is -0.160. The van der Waals surface area contributed by atoms with Crippen LogP contribution in [0.15, 0.2) is 30.3 Å². The molecule has 0 spiro atoms. The first-order valence-corrected chi connectivity index (χ1v) is 8.10. The van der Waals surface area contributed by atoms with E-state index in [1.165, 1.54) is 10.5 Å². The second-order valence-electron chi connectivity index (χ2n) is 6.19. The Bertz CT molecular complexity index is 506. The van der Waals surface area contributed by atoms with Crippen LogP contribution in [0.4, 0.5) is 0 Å². The lowest BCUT2D eigenvalue weighted by Crippen LogP contribution is -2.56. The van der Waals surface area contributed by atoms with Gasteiger partial charge in [0, 0.05) is 13.5 Å². The molecule has 1 fully saturated rings. The first-order chi connectivity index (χ1) is 10.6. The van der Waals surface area contributed by atoms with Crippen LogP contribution in [0.3, 0.4) is 0 Å². The fourth-order valence-corrected chi connectivity index (χ4v) is 3.32. The highest BCUT2D eigenvalue weighted by Crippen LogP contribution is 2.33. The molecule has 1 N–H and O–H groups in total. The number of hydrogen-bond acceptors (Lipinski definition) is 2. The van der Waals surface area contributed by atoms with Crippen LogP contribution in [0.5, 0.6) is 0 Å². The van der Waals surface area contributed by atoms with E-state index in [9.17, 15) is 14.7 Å². The third-order valence-electron chi connectivity index (χ3n) is 4.79. The molecular formula is C18H25NO3. The molecule has 2 rings (SSSR count). The van der Waals surface area contributed by atoms with Gasteiger partial charge in [-0.1, -0.05) is 49.6 Å². The molecule has 1 saturated carbocycles. The minimum atomic E-state index is -0.984. The van der Waals surface area contributed by atoms with Crippen molar-refractivity contribution in [3.8, 4) is 0 Å². The molecule has 0 heterocycles. The summed E-state index contributed by atoms with van der Waals surface area (Å²) in [5.41, 5.74) is 0.228. The molecule has 1 aromatic carbocycles. The van der Waals surface area contributed by atoms with E-state index in [2.05, 4.69) is 0 Å². The third-order valence-corrected chi connectivity index (χ3v) is 4.79. The standard InChI is InChI=1S/C18H25NO3/c1-19(18(17(21)22)13-6-3-7-14-18)16(20)12-8-11-15-9-4-2-5-10-15/h2,4-5,9-10H,3,6-8,11-14H2,1H3,(H,21,22). The molecule has 120 valence electrons. The third kappa shape index (κ3) is 3.67. The van der Waals surface area contributed by atoms with Crippen LogP contribution >= 0.6 is 0 Å². The molecule has 0 saturated heterocycles. The molecular weight excluding hydrogens is 278 g/mol. The average Bonchev–Trinajstić information content (AvgIpc) is 2.55. The van der Waals surface area contributed by atoms with Gasteiger partial charge < -0.3 is 10.0 Å². The van der Waals surface area contributed by atoms with Crippen LogP contribution in [-0.2, 0) is 16.0 Å². The van der Waals surface area contributed by atoms with Crippen molar-refractivity contribution in [3.05, 3.63) is 35.9 Å². The number of aliphatic carboxylic acids is 1. The van der Waals surface area contributed by atoms with Crippen molar-refractivity contribution in [2.45, 2.75) is 56.9 Å². The van der Waals surface area contributed by atoms with E-state index < -0.39 is 11.5 Å². The molecule has 0 bridgehead atoms. The van der Waals surface area contributed by atoms with Gasteiger partial charge in [-0.25, -0.2) is 4.79 Å². The maximum Gasteiger partial charge on any atom is 0.329 e. The minimum Gasteiger partial charge on any atom is -0.479 e. The van der Waals surface area contributed by atoms with Crippen LogP contribution in [0.2, 0.25) is 0 Å². The van der Waals surface area contributed by atoms with E-state index in [0.717, 1.165) is 32.1 Å². The Hall–Kier alpha value is -1.84. The number of carbonyl (C=O) groups excluding carboxylic acids is 1. The number of hydrogen-bond donors (Lipinski definition) is 1. The zero-order valence-electron chi connectivity index (χ0n) is 13.3. The number of likely N-dealkylation sites (N-methyl/N-ethyl adjacent to an activating group) is 1. The average molecular weight is 303 g/mol. The highest BCUT2D eigenvalue weighted by atomic mass is 16.4. The second-order valence-corrected chi connectivity index (χ2v) is 6.19. The number of aryl methyl sites for hydroxylation is 1. The van der Waals surface area contributed by atoms with Gasteiger partial charge in [0.1, 0.15) is 5.54 Å². The van der Waals surface area contributed by atoms with Crippen molar-refractivity contribution in [3.63, 3.8) is 0 Å². The fourth-order valence-electron chi connectivity index (χ4n) is 3.32. The molecule has 1 aliphatic carbocycles. The number of benzene rings is 1. The largest absolute Gasteiger partial charge is 0.479 e. The highest BCUT2D eigenvalue weighted by Gasteiger charge is 2.45. The smallest absolute Gasteiger partial charge is 0.329 e. The lowest BCUT2D eigenvalue weighted by atomic mass is 9.80. The SMILES string of the molecule is CN(C(=O)CCCc1ccccc1)C1(C(=O)O)CCCCC1. The Morgan fingerprint density at radius 1 is 1.14 bits per heavy atom. The minimum absolute atomic E-state index is 0.0553. The summed E-state index contributed by atoms with van der Waals surface area (Å²) in [6.07, 6.45) is 5.98. The normalized spacial score (nSPS) is 17.0. The van der Waals surface area contributed by atoms with Gasteiger partial charge in [0.25, 0.3) is 0 Å². The summed E-state index contributed by atoms with van der Waals surface area (Å²) >= 11 is 0. The topological polar surface area (TPSA) is 57.6 Å². The van der Waals surface area contributed by atoms with Crippen molar-refractivity contribution in [1.82, 2.24) is 4.90 Å². The van der Waals surface area contributed by atoms with Crippen molar-refractivity contribution < 1.29 is 14.7 Å². The molecule has 1 amide bonds. The van der Waals surface area contributed by atoms with Gasteiger partial charge in [-0.3, -0.25) is 4.79 Å². The van der Waals surface area contributed by atoms with Gasteiger partial charge >= 0.3 is 5.97 Å². The van der Waals surface area contributed by atoms with E-state index in [-0.39, 0.29) is 5.91 Å². The molecule has 1 aromatic rings. The number of rotatable bonds is 6. The number of carbonyl (C=O) groups is 2. The summed E-state index contributed by atoms with van der Waals surface area (Å²) in [6.45, 7) is 0. The van der Waals surface area contributed by atoms with Gasteiger partial charge in [0.05, 0.1) is 0 Å². The molecule has 22 heavy (non-hydrogen) atoms. The summed E-state index contributed by atoms with van der Waals surface area (Å²) in [5.74, 6) is -0.911. The molecule has 0 aromatic heterocycles. The Balaban J connectivity index is 1.91. The molecule has 1 aliphatic rings. The van der Waals surface area contributed by atoms with Crippen molar-refractivity contribution in [2.24, 2.45) is 0 Å². The molecule has 0 atom stereocenters. The lowest BCUT2D eigenvalue weighted by Gasteiger charge is -2.41. The second kappa shape index (κ2) is 7.43. The van der Waals surface area contributed by atoms with Crippen LogP contribution in [-0.4, -0.2) is 34.5 Å². The molecule has 4 nitrogen and oxygen atoms in total. The Morgan fingerprint density at radius 2 is 1.77 bits per heavy atom. The molecule has 0 aliphatic heterocycles. The number of carboxylic acid groups (broad SMARTS) is 1. The maximum atomic E-state index is 12.4. The summed E-state index contributed by atoms with van der Waals surface area (Å²) in [6, 6.07) is 10.1. The Labute approximate surface area is 132 Å². The fraction of sp³-hybridized carbons (Fsp3) is 0.556. The predicted octanol–water partition coefficient (Wildman–Crippen LogP) is 3.26. The molecule has 0 radical (unpaired) electrons. The van der Waals surface area contributed by atoms with E-state index >= 15 is 0 Å². The first-order valence-electron chi connectivity index (χ1n) is 8.10.